The highest BCUT2D eigenvalue weighted by molar-refractivity contribution is 7.92. The lowest BCUT2D eigenvalue weighted by Gasteiger charge is -2.37. The average Bonchev–Trinajstić information content (AvgIpc) is 2.73. The zero-order chi connectivity index (χ0) is 19.7. The first kappa shape index (κ1) is 18.8. The summed E-state index contributed by atoms with van der Waals surface area (Å²) in [6.07, 6.45) is 2.22. The molecule has 148 valence electrons. The number of likely N-dealkylation sites (tertiary alicyclic amines) is 1. The lowest BCUT2D eigenvalue weighted by molar-refractivity contribution is -0.139. The van der Waals surface area contributed by atoms with Crippen molar-refractivity contribution in [3.05, 3.63) is 54.1 Å². The number of anilines is 1. The maximum absolute atomic E-state index is 13.4. The molecule has 0 aromatic heterocycles. The van der Waals surface area contributed by atoms with Crippen LogP contribution in [-0.4, -0.2) is 45.0 Å². The van der Waals surface area contributed by atoms with Gasteiger partial charge in [-0.1, -0.05) is 29.8 Å². The predicted molar refractivity (Wildman–Crippen MR) is 107 cm³/mol. The third-order valence-electron chi connectivity index (χ3n) is 5.29. The largest absolute Gasteiger partial charge is 0.476 e. The molecule has 1 fully saturated rings. The van der Waals surface area contributed by atoms with Crippen LogP contribution in [0.1, 0.15) is 24.8 Å². The maximum Gasteiger partial charge on any atom is 0.265 e. The van der Waals surface area contributed by atoms with E-state index in [-0.39, 0.29) is 17.3 Å². The Labute approximate surface area is 165 Å². The van der Waals surface area contributed by atoms with Gasteiger partial charge in [0.15, 0.2) is 6.10 Å². The van der Waals surface area contributed by atoms with Crippen LogP contribution in [0.5, 0.6) is 5.75 Å². The van der Waals surface area contributed by atoms with Crippen LogP contribution in [0.25, 0.3) is 0 Å². The van der Waals surface area contributed by atoms with Crippen molar-refractivity contribution in [3.8, 4) is 5.75 Å². The summed E-state index contributed by atoms with van der Waals surface area (Å²) in [5, 5.41) is 0. The highest BCUT2D eigenvalue weighted by atomic mass is 32.2. The minimum atomic E-state index is -3.81. The number of carbonyl (C=O) groups is 1. The van der Waals surface area contributed by atoms with E-state index < -0.39 is 16.1 Å². The summed E-state index contributed by atoms with van der Waals surface area (Å²) >= 11 is 0. The summed E-state index contributed by atoms with van der Waals surface area (Å²) in [6.45, 7) is 3.28. The Balaban J connectivity index is 1.69. The Morgan fingerprint density at radius 3 is 2.39 bits per heavy atom. The highest BCUT2D eigenvalue weighted by Gasteiger charge is 2.39. The number of piperidine rings is 1. The number of aryl methyl sites for hydroxylation is 1. The molecule has 2 aliphatic heterocycles. The SMILES string of the molecule is Cc1ccc(S(=O)(=O)N2C[C@H](C(=O)N3CCCCC3)Oc3ccccc32)cc1. The predicted octanol–water partition coefficient (Wildman–Crippen LogP) is 2.96. The summed E-state index contributed by atoms with van der Waals surface area (Å²) in [7, 11) is -3.81. The van der Waals surface area contributed by atoms with Gasteiger partial charge in [0, 0.05) is 13.1 Å². The van der Waals surface area contributed by atoms with Gasteiger partial charge in [-0.3, -0.25) is 9.10 Å². The average molecular weight is 401 g/mol. The second-order valence-corrected chi connectivity index (χ2v) is 9.17. The topological polar surface area (TPSA) is 66.9 Å². The quantitative estimate of drug-likeness (QED) is 0.795. The van der Waals surface area contributed by atoms with E-state index in [9.17, 15) is 13.2 Å². The molecule has 0 radical (unpaired) electrons. The zero-order valence-electron chi connectivity index (χ0n) is 15.9. The van der Waals surface area contributed by atoms with Gasteiger partial charge < -0.3 is 9.64 Å². The first-order valence-corrected chi connectivity index (χ1v) is 11.0. The van der Waals surface area contributed by atoms with Gasteiger partial charge >= 0.3 is 0 Å². The molecule has 0 unspecified atom stereocenters. The van der Waals surface area contributed by atoms with Gasteiger partial charge in [0.1, 0.15) is 5.75 Å². The number of rotatable bonds is 3. The van der Waals surface area contributed by atoms with E-state index in [1.54, 1.807) is 53.4 Å². The third-order valence-corrected chi connectivity index (χ3v) is 7.08. The number of benzene rings is 2. The lowest BCUT2D eigenvalue weighted by Crippen LogP contribution is -2.52. The molecule has 2 heterocycles. The number of amides is 1. The highest BCUT2D eigenvalue weighted by Crippen LogP contribution is 2.37. The number of hydrogen-bond acceptors (Lipinski definition) is 4. The first-order valence-electron chi connectivity index (χ1n) is 9.61. The second-order valence-electron chi connectivity index (χ2n) is 7.31. The molecule has 0 aliphatic carbocycles. The van der Waals surface area contributed by atoms with Gasteiger partial charge in [-0.25, -0.2) is 8.42 Å². The number of nitrogens with zero attached hydrogens (tertiary/aromatic N) is 2. The van der Waals surface area contributed by atoms with Crippen LogP contribution in [0, 0.1) is 6.92 Å². The van der Waals surface area contributed by atoms with Crippen LogP contribution in [0.4, 0.5) is 5.69 Å². The smallest absolute Gasteiger partial charge is 0.265 e. The van der Waals surface area contributed by atoms with Gasteiger partial charge in [-0.2, -0.15) is 0 Å². The Bertz CT molecular complexity index is 966. The Hall–Kier alpha value is -2.54. The van der Waals surface area contributed by atoms with E-state index in [2.05, 4.69) is 0 Å². The molecule has 0 saturated carbocycles. The molecule has 4 rings (SSSR count). The van der Waals surface area contributed by atoms with E-state index in [4.69, 9.17) is 4.74 Å². The van der Waals surface area contributed by atoms with Crippen molar-refractivity contribution in [2.45, 2.75) is 37.2 Å². The fraction of sp³-hybridized carbons (Fsp3) is 0.381. The molecular formula is C21H24N2O4S. The molecule has 2 aliphatic rings. The first-order chi connectivity index (χ1) is 13.5. The van der Waals surface area contributed by atoms with Crippen molar-refractivity contribution >= 4 is 21.6 Å². The van der Waals surface area contributed by atoms with Crippen molar-refractivity contribution in [3.63, 3.8) is 0 Å². The standard InChI is InChI=1S/C21H24N2O4S/c1-16-9-11-17(12-10-16)28(25,26)23-15-20(21(24)22-13-5-2-6-14-22)27-19-8-4-3-7-18(19)23/h3-4,7-12,20H,2,5-6,13-15H2,1H3/t20-/m1/s1. The van der Waals surface area contributed by atoms with Crippen LogP contribution in [0.15, 0.2) is 53.4 Å². The molecule has 6 nitrogen and oxygen atoms in total. The number of para-hydroxylation sites is 2. The number of fused-ring (bicyclic) bond motifs is 1. The minimum absolute atomic E-state index is 0.0252. The second kappa shape index (κ2) is 7.47. The summed E-state index contributed by atoms with van der Waals surface area (Å²) in [5.74, 6) is 0.276. The number of ether oxygens (including phenoxy) is 1. The minimum Gasteiger partial charge on any atom is -0.476 e. The molecule has 1 saturated heterocycles. The summed E-state index contributed by atoms with van der Waals surface area (Å²) in [5.41, 5.74) is 1.45. The third kappa shape index (κ3) is 3.46. The molecule has 1 amide bonds. The Morgan fingerprint density at radius 2 is 1.68 bits per heavy atom. The van der Waals surface area contributed by atoms with Crippen LogP contribution in [0.2, 0.25) is 0 Å². The van der Waals surface area contributed by atoms with Crippen molar-refractivity contribution < 1.29 is 17.9 Å². The molecular weight excluding hydrogens is 376 g/mol. The molecule has 7 heteroatoms. The molecule has 0 bridgehead atoms. The van der Waals surface area contributed by atoms with Crippen molar-refractivity contribution in [1.82, 2.24) is 4.90 Å². The lowest BCUT2D eigenvalue weighted by atomic mass is 10.1. The molecule has 1 atom stereocenters. The molecule has 2 aromatic rings. The van der Waals surface area contributed by atoms with Gasteiger partial charge in [0.05, 0.1) is 17.1 Å². The molecule has 0 N–H and O–H groups in total. The van der Waals surface area contributed by atoms with E-state index in [1.807, 2.05) is 6.92 Å². The van der Waals surface area contributed by atoms with Crippen LogP contribution < -0.4 is 9.04 Å². The molecule has 2 aromatic carbocycles. The normalized spacial score (nSPS) is 19.7. The van der Waals surface area contributed by atoms with Crippen LogP contribution in [-0.2, 0) is 14.8 Å². The van der Waals surface area contributed by atoms with Crippen molar-refractivity contribution in [2.75, 3.05) is 23.9 Å². The fourth-order valence-electron chi connectivity index (χ4n) is 3.71. The van der Waals surface area contributed by atoms with E-state index >= 15 is 0 Å². The van der Waals surface area contributed by atoms with Gasteiger partial charge in [0.2, 0.25) is 0 Å². The summed E-state index contributed by atoms with van der Waals surface area (Å²) in [6, 6.07) is 13.7. The number of hydrogen-bond donors (Lipinski definition) is 0. The number of carbonyl (C=O) groups excluding carboxylic acids is 1. The molecule has 0 spiro atoms. The fourth-order valence-corrected chi connectivity index (χ4v) is 5.19. The Kier molecular flexibility index (Phi) is 5.02. The maximum atomic E-state index is 13.4. The van der Waals surface area contributed by atoms with Gasteiger partial charge in [-0.15, -0.1) is 0 Å². The Morgan fingerprint density at radius 1 is 1.00 bits per heavy atom. The summed E-state index contributed by atoms with van der Waals surface area (Å²) in [4.78, 5) is 15.0. The van der Waals surface area contributed by atoms with Crippen LogP contribution in [0.3, 0.4) is 0 Å². The molecule has 28 heavy (non-hydrogen) atoms. The van der Waals surface area contributed by atoms with Crippen LogP contribution >= 0.6 is 0 Å². The number of sulfonamides is 1. The van der Waals surface area contributed by atoms with E-state index in [0.29, 0.717) is 24.5 Å². The monoisotopic (exact) mass is 400 g/mol. The van der Waals surface area contributed by atoms with Gasteiger partial charge in [0.25, 0.3) is 15.9 Å². The summed E-state index contributed by atoms with van der Waals surface area (Å²) < 4.78 is 33.9. The van der Waals surface area contributed by atoms with Crippen molar-refractivity contribution in [2.24, 2.45) is 0 Å². The van der Waals surface area contributed by atoms with E-state index in [1.165, 1.54) is 4.31 Å². The van der Waals surface area contributed by atoms with Crippen molar-refractivity contribution in [1.29, 1.82) is 0 Å². The zero-order valence-corrected chi connectivity index (χ0v) is 16.7. The van der Waals surface area contributed by atoms with Gasteiger partial charge in [-0.05, 0) is 50.5 Å². The van der Waals surface area contributed by atoms with E-state index in [0.717, 1.165) is 24.8 Å².